The highest BCUT2D eigenvalue weighted by Gasteiger charge is 2.19. The molecule has 0 saturated carbocycles. The molecule has 4 heteroatoms. The van der Waals surface area contributed by atoms with Gasteiger partial charge in [-0.25, -0.2) is 4.98 Å². The first-order valence-electron chi connectivity index (χ1n) is 5.38. The molecule has 1 saturated heterocycles. The lowest BCUT2D eigenvalue weighted by Crippen LogP contribution is -2.34. The Bertz CT molecular complexity index is 361. The standard InChI is InChI=1S/C11H16N2OS/c1-8-4-3-5-13(7-8)11-12-6-10(15-11)9(2)14/h6,8H,3-5,7H2,1-2H3. The molecule has 1 aromatic rings. The molecule has 2 rings (SSSR count). The first-order valence-corrected chi connectivity index (χ1v) is 6.20. The van der Waals surface area contributed by atoms with E-state index in [4.69, 9.17) is 0 Å². The van der Waals surface area contributed by atoms with Crippen LogP contribution in [0.15, 0.2) is 6.20 Å². The van der Waals surface area contributed by atoms with E-state index < -0.39 is 0 Å². The van der Waals surface area contributed by atoms with Crippen LogP contribution in [-0.2, 0) is 0 Å². The summed E-state index contributed by atoms with van der Waals surface area (Å²) in [6.07, 6.45) is 4.24. The van der Waals surface area contributed by atoms with Crippen LogP contribution in [-0.4, -0.2) is 23.9 Å². The molecular weight excluding hydrogens is 208 g/mol. The number of hydrogen-bond donors (Lipinski definition) is 0. The van der Waals surface area contributed by atoms with E-state index in [1.165, 1.54) is 24.2 Å². The van der Waals surface area contributed by atoms with Crippen LogP contribution < -0.4 is 4.90 Å². The minimum absolute atomic E-state index is 0.115. The molecule has 1 aliphatic rings. The molecule has 1 aromatic heterocycles. The van der Waals surface area contributed by atoms with Crippen molar-refractivity contribution in [2.24, 2.45) is 5.92 Å². The fourth-order valence-corrected chi connectivity index (χ4v) is 2.78. The van der Waals surface area contributed by atoms with E-state index in [0.29, 0.717) is 0 Å². The number of carbonyl (C=O) groups excluding carboxylic acids is 1. The molecule has 1 atom stereocenters. The zero-order chi connectivity index (χ0) is 10.8. The fourth-order valence-electron chi connectivity index (χ4n) is 1.94. The van der Waals surface area contributed by atoms with E-state index in [2.05, 4.69) is 16.8 Å². The second kappa shape index (κ2) is 4.31. The number of carbonyl (C=O) groups is 1. The summed E-state index contributed by atoms with van der Waals surface area (Å²) in [7, 11) is 0. The second-order valence-corrected chi connectivity index (χ2v) is 5.27. The molecule has 82 valence electrons. The first kappa shape index (κ1) is 10.6. The average molecular weight is 224 g/mol. The summed E-state index contributed by atoms with van der Waals surface area (Å²) in [6.45, 7) is 6.02. The normalized spacial score (nSPS) is 21.7. The number of anilines is 1. The van der Waals surface area contributed by atoms with Gasteiger partial charge in [0, 0.05) is 20.0 Å². The minimum Gasteiger partial charge on any atom is -0.348 e. The van der Waals surface area contributed by atoms with E-state index in [1.54, 1.807) is 13.1 Å². The number of piperidine rings is 1. The van der Waals surface area contributed by atoms with Crippen molar-refractivity contribution < 1.29 is 4.79 Å². The van der Waals surface area contributed by atoms with Gasteiger partial charge < -0.3 is 4.90 Å². The maximum atomic E-state index is 11.2. The van der Waals surface area contributed by atoms with Crippen molar-refractivity contribution in [3.8, 4) is 0 Å². The van der Waals surface area contributed by atoms with Gasteiger partial charge in [-0.3, -0.25) is 4.79 Å². The van der Waals surface area contributed by atoms with Crippen molar-refractivity contribution in [3.05, 3.63) is 11.1 Å². The number of rotatable bonds is 2. The number of hydrogen-bond acceptors (Lipinski definition) is 4. The van der Waals surface area contributed by atoms with Gasteiger partial charge in [0.2, 0.25) is 0 Å². The van der Waals surface area contributed by atoms with Crippen LogP contribution in [0.25, 0.3) is 0 Å². The first-order chi connectivity index (χ1) is 7.16. The van der Waals surface area contributed by atoms with Crippen LogP contribution in [0.2, 0.25) is 0 Å². The molecule has 1 fully saturated rings. The lowest BCUT2D eigenvalue weighted by molar-refractivity contribution is 0.102. The van der Waals surface area contributed by atoms with Crippen molar-refractivity contribution in [1.82, 2.24) is 4.98 Å². The van der Waals surface area contributed by atoms with Crippen molar-refractivity contribution in [2.75, 3.05) is 18.0 Å². The monoisotopic (exact) mass is 224 g/mol. The molecule has 0 amide bonds. The predicted octanol–water partition coefficient (Wildman–Crippen LogP) is 2.58. The molecule has 0 radical (unpaired) electrons. The van der Waals surface area contributed by atoms with Crippen molar-refractivity contribution in [3.63, 3.8) is 0 Å². The topological polar surface area (TPSA) is 33.2 Å². The minimum atomic E-state index is 0.115. The van der Waals surface area contributed by atoms with Gasteiger partial charge in [-0.1, -0.05) is 18.3 Å². The Labute approximate surface area is 94.1 Å². The van der Waals surface area contributed by atoms with Gasteiger partial charge in [0.1, 0.15) is 0 Å². The van der Waals surface area contributed by atoms with Crippen molar-refractivity contribution in [2.45, 2.75) is 26.7 Å². The molecule has 2 heterocycles. The quantitative estimate of drug-likeness (QED) is 0.724. The third-order valence-corrected chi connectivity index (χ3v) is 3.93. The number of thiazole rings is 1. The molecule has 15 heavy (non-hydrogen) atoms. The smallest absolute Gasteiger partial charge is 0.185 e. The maximum Gasteiger partial charge on any atom is 0.185 e. The summed E-state index contributed by atoms with van der Waals surface area (Å²) in [6, 6.07) is 0. The molecular formula is C11H16N2OS. The van der Waals surface area contributed by atoms with Crippen molar-refractivity contribution >= 4 is 22.3 Å². The Morgan fingerprint density at radius 2 is 2.47 bits per heavy atom. The van der Waals surface area contributed by atoms with E-state index in [0.717, 1.165) is 29.0 Å². The summed E-state index contributed by atoms with van der Waals surface area (Å²) in [5, 5.41) is 1.01. The van der Waals surface area contributed by atoms with E-state index in [1.807, 2.05) is 0 Å². The molecule has 3 nitrogen and oxygen atoms in total. The summed E-state index contributed by atoms with van der Waals surface area (Å²) < 4.78 is 0. The highest BCUT2D eigenvalue weighted by atomic mass is 32.1. The fraction of sp³-hybridized carbons (Fsp3) is 0.636. The van der Waals surface area contributed by atoms with Crippen LogP contribution in [0.3, 0.4) is 0 Å². The van der Waals surface area contributed by atoms with Crippen LogP contribution in [0, 0.1) is 5.92 Å². The average Bonchev–Trinajstić information content (AvgIpc) is 2.66. The van der Waals surface area contributed by atoms with E-state index >= 15 is 0 Å². The number of ketones is 1. The summed E-state index contributed by atoms with van der Waals surface area (Å²) in [5.41, 5.74) is 0. The van der Waals surface area contributed by atoms with Gasteiger partial charge in [0.15, 0.2) is 10.9 Å². The van der Waals surface area contributed by atoms with Crippen LogP contribution in [0.4, 0.5) is 5.13 Å². The van der Waals surface area contributed by atoms with Crippen molar-refractivity contribution in [1.29, 1.82) is 0 Å². The Morgan fingerprint density at radius 3 is 3.07 bits per heavy atom. The number of aromatic nitrogens is 1. The molecule has 0 spiro atoms. The van der Waals surface area contributed by atoms with Gasteiger partial charge in [0.25, 0.3) is 0 Å². The molecule has 0 N–H and O–H groups in total. The van der Waals surface area contributed by atoms with Gasteiger partial charge in [-0.15, -0.1) is 0 Å². The lowest BCUT2D eigenvalue weighted by Gasteiger charge is -2.30. The Hall–Kier alpha value is -0.900. The largest absolute Gasteiger partial charge is 0.348 e. The second-order valence-electron chi connectivity index (χ2n) is 4.26. The summed E-state index contributed by atoms with van der Waals surface area (Å²) in [5.74, 6) is 0.854. The molecule has 0 aromatic carbocycles. The Morgan fingerprint density at radius 1 is 1.67 bits per heavy atom. The van der Waals surface area contributed by atoms with Gasteiger partial charge in [0.05, 0.1) is 11.1 Å². The van der Waals surface area contributed by atoms with Crippen LogP contribution in [0.5, 0.6) is 0 Å². The highest BCUT2D eigenvalue weighted by Crippen LogP contribution is 2.27. The predicted molar refractivity (Wildman–Crippen MR) is 62.7 cm³/mol. The highest BCUT2D eigenvalue weighted by molar-refractivity contribution is 7.17. The van der Waals surface area contributed by atoms with E-state index in [-0.39, 0.29) is 5.78 Å². The molecule has 0 bridgehead atoms. The van der Waals surface area contributed by atoms with Gasteiger partial charge >= 0.3 is 0 Å². The van der Waals surface area contributed by atoms with Crippen LogP contribution >= 0.6 is 11.3 Å². The SMILES string of the molecule is CC(=O)c1cnc(N2CCCC(C)C2)s1. The van der Waals surface area contributed by atoms with Crippen LogP contribution in [0.1, 0.15) is 36.4 Å². The zero-order valence-electron chi connectivity index (χ0n) is 9.19. The number of Topliss-reactive ketones (excluding diaryl/α,β-unsaturated/α-hetero) is 1. The molecule has 1 aliphatic heterocycles. The lowest BCUT2D eigenvalue weighted by atomic mass is 10.0. The third kappa shape index (κ3) is 2.37. The van der Waals surface area contributed by atoms with Gasteiger partial charge in [-0.05, 0) is 18.8 Å². The Kier molecular flexibility index (Phi) is 3.05. The third-order valence-electron chi connectivity index (χ3n) is 2.77. The zero-order valence-corrected chi connectivity index (χ0v) is 10.0. The molecule has 1 unspecified atom stereocenters. The van der Waals surface area contributed by atoms with E-state index in [9.17, 15) is 4.79 Å². The summed E-state index contributed by atoms with van der Waals surface area (Å²) in [4.78, 5) is 18.5. The number of nitrogens with zero attached hydrogens (tertiary/aromatic N) is 2. The summed E-state index contributed by atoms with van der Waals surface area (Å²) >= 11 is 1.51. The molecule has 0 aliphatic carbocycles. The van der Waals surface area contributed by atoms with Gasteiger partial charge in [-0.2, -0.15) is 0 Å². The Balaban J connectivity index is 2.11. The maximum absolute atomic E-state index is 11.2.